The molecule has 0 fully saturated rings. The van der Waals surface area contributed by atoms with Gasteiger partial charge in [-0.25, -0.2) is 0 Å². The van der Waals surface area contributed by atoms with Gasteiger partial charge in [0.05, 0.1) is 13.3 Å². The number of hydrazone groups is 1. The van der Waals surface area contributed by atoms with E-state index in [1.807, 2.05) is 0 Å². The lowest BCUT2D eigenvalue weighted by molar-refractivity contribution is 0.373. The molecule has 0 saturated heterocycles. The van der Waals surface area contributed by atoms with Crippen molar-refractivity contribution in [2.24, 2.45) is 5.10 Å². The van der Waals surface area contributed by atoms with E-state index in [2.05, 4.69) is 25.8 Å². The zero-order chi connectivity index (χ0) is 14.7. The SMILES string of the molecule is COc1cc(C=NNc2ccc3nncn3n2)ccc1O. The number of nitrogens with one attached hydrogen (secondary N) is 1. The van der Waals surface area contributed by atoms with Gasteiger partial charge in [0.2, 0.25) is 0 Å². The van der Waals surface area contributed by atoms with E-state index in [-0.39, 0.29) is 5.75 Å². The summed E-state index contributed by atoms with van der Waals surface area (Å²) in [6, 6.07) is 8.47. The molecule has 0 aliphatic rings. The molecule has 3 aromatic rings. The Kier molecular flexibility index (Phi) is 3.34. The van der Waals surface area contributed by atoms with E-state index in [1.54, 1.807) is 41.1 Å². The van der Waals surface area contributed by atoms with E-state index >= 15 is 0 Å². The number of aromatic hydroxyl groups is 1. The Morgan fingerprint density at radius 3 is 3.10 bits per heavy atom. The fourth-order valence-corrected chi connectivity index (χ4v) is 1.74. The second kappa shape index (κ2) is 5.45. The van der Waals surface area contributed by atoms with Crippen molar-refractivity contribution in [1.82, 2.24) is 19.8 Å². The molecule has 0 bridgehead atoms. The third kappa shape index (κ3) is 2.73. The van der Waals surface area contributed by atoms with Crippen LogP contribution in [0.4, 0.5) is 5.82 Å². The van der Waals surface area contributed by atoms with Crippen LogP contribution in [0.3, 0.4) is 0 Å². The third-order valence-electron chi connectivity index (χ3n) is 2.76. The van der Waals surface area contributed by atoms with Crippen LogP contribution in [0.25, 0.3) is 5.65 Å². The van der Waals surface area contributed by atoms with E-state index in [0.29, 0.717) is 17.2 Å². The molecule has 0 atom stereocenters. The van der Waals surface area contributed by atoms with Gasteiger partial charge in [-0.2, -0.15) is 9.62 Å². The van der Waals surface area contributed by atoms with Crippen LogP contribution >= 0.6 is 0 Å². The Hall–Kier alpha value is -3.16. The fourth-order valence-electron chi connectivity index (χ4n) is 1.74. The third-order valence-corrected chi connectivity index (χ3v) is 2.76. The van der Waals surface area contributed by atoms with Crippen LogP contribution in [-0.2, 0) is 0 Å². The first-order valence-electron chi connectivity index (χ1n) is 6.09. The summed E-state index contributed by atoms with van der Waals surface area (Å²) < 4.78 is 6.57. The lowest BCUT2D eigenvalue weighted by Crippen LogP contribution is -1.98. The number of benzene rings is 1. The maximum absolute atomic E-state index is 9.51. The molecule has 0 aliphatic heterocycles. The molecule has 8 nitrogen and oxygen atoms in total. The molecule has 0 unspecified atom stereocenters. The second-order valence-electron chi connectivity index (χ2n) is 4.15. The van der Waals surface area contributed by atoms with Gasteiger partial charge in [-0.05, 0) is 35.9 Å². The number of hydrogen-bond donors (Lipinski definition) is 2. The van der Waals surface area contributed by atoms with Crippen molar-refractivity contribution in [3.05, 3.63) is 42.2 Å². The molecule has 2 aromatic heterocycles. The van der Waals surface area contributed by atoms with Gasteiger partial charge in [0.15, 0.2) is 23.0 Å². The van der Waals surface area contributed by atoms with Gasteiger partial charge in [0.1, 0.15) is 6.33 Å². The van der Waals surface area contributed by atoms with Crippen LogP contribution in [0.5, 0.6) is 11.5 Å². The van der Waals surface area contributed by atoms with E-state index < -0.39 is 0 Å². The first-order chi connectivity index (χ1) is 10.3. The molecule has 3 rings (SSSR count). The normalized spacial score (nSPS) is 11.1. The molecule has 0 spiro atoms. The highest BCUT2D eigenvalue weighted by atomic mass is 16.5. The van der Waals surface area contributed by atoms with Crippen molar-refractivity contribution >= 4 is 17.7 Å². The van der Waals surface area contributed by atoms with Crippen LogP contribution in [0.1, 0.15) is 5.56 Å². The molecule has 8 heteroatoms. The standard InChI is InChI=1S/C13H12N6O2/c1-21-11-6-9(2-3-10(11)20)7-14-16-12-4-5-13-17-15-8-19(13)18-12/h2-8,20H,1H3,(H,16,18). The molecule has 2 heterocycles. The summed E-state index contributed by atoms with van der Waals surface area (Å²) in [7, 11) is 1.49. The highest BCUT2D eigenvalue weighted by molar-refractivity contribution is 5.81. The summed E-state index contributed by atoms with van der Waals surface area (Å²) in [5, 5.41) is 25.4. The van der Waals surface area contributed by atoms with Gasteiger partial charge in [0.25, 0.3) is 0 Å². The van der Waals surface area contributed by atoms with E-state index in [1.165, 1.54) is 13.4 Å². The first kappa shape index (κ1) is 12.9. The number of phenols is 1. The Balaban J connectivity index is 1.74. The highest BCUT2D eigenvalue weighted by Gasteiger charge is 2.01. The van der Waals surface area contributed by atoms with Gasteiger partial charge in [-0.15, -0.1) is 15.3 Å². The predicted molar refractivity (Wildman–Crippen MR) is 76.7 cm³/mol. The molecule has 21 heavy (non-hydrogen) atoms. The number of phenolic OH excluding ortho intramolecular Hbond substituents is 1. The summed E-state index contributed by atoms with van der Waals surface area (Å²) in [5.74, 6) is 1.04. The van der Waals surface area contributed by atoms with Gasteiger partial charge in [0, 0.05) is 0 Å². The molecule has 0 aliphatic carbocycles. The number of methoxy groups -OCH3 is 1. The average molecular weight is 284 g/mol. The fraction of sp³-hybridized carbons (Fsp3) is 0.0769. The molecule has 2 N–H and O–H groups in total. The number of anilines is 1. The molecular weight excluding hydrogens is 272 g/mol. The number of aromatic nitrogens is 4. The lowest BCUT2D eigenvalue weighted by Gasteiger charge is -2.03. The van der Waals surface area contributed by atoms with E-state index in [0.717, 1.165) is 5.56 Å². The van der Waals surface area contributed by atoms with Crippen molar-refractivity contribution in [2.75, 3.05) is 12.5 Å². The molecule has 0 radical (unpaired) electrons. The molecule has 0 amide bonds. The summed E-state index contributed by atoms with van der Waals surface area (Å²) in [6.07, 6.45) is 3.11. The average Bonchev–Trinajstić information content (AvgIpc) is 2.96. The first-order valence-corrected chi connectivity index (χ1v) is 6.09. The van der Waals surface area contributed by atoms with Crippen molar-refractivity contribution in [2.45, 2.75) is 0 Å². The maximum Gasteiger partial charge on any atom is 0.177 e. The van der Waals surface area contributed by atoms with Crippen LogP contribution in [0, 0.1) is 0 Å². The van der Waals surface area contributed by atoms with Crippen molar-refractivity contribution in [3.63, 3.8) is 0 Å². The molecule has 1 aromatic carbocycles. The van der Waals surface area contributed by atoms with Crippen molar-refractivity contribution in [1.29, 1.82) is 0 Å². The van der Waals surface area contributed by atoms with Gasteiger partial charge in [-0.3, -0.25) is 5.43 Å². The summed E-state index contributed by atoms with van der Waals surface area (Å²) in [4.78, 5) is 0. The van der Waals surface area contributed by atoms with Crippen LogP contribution in [0.15, 0.2) is 41.8 Å². The zero-order valence-electron chi connectivity index (χ0n) is 11.1. The quantitative estimate of drug-likeness (QED) is 0.553. The summed E-state index contributed by atoms with van der Waals surface area (Å²) in [5.41, 5.74) is 4.25. The Morgan fingerprint density at radius 1 is 1.33 bits per heavy atom. The topological polar surface area (TPSA) is 96.9 Å². The summed E-state index contributed by atoms with van der Waals surface area (Å²) in [6.45, 7) is 0. The van der Waals surface area contributed by atoms with E-state index in [9.17, 15) is 5.11 Å². The van der Waals surface area contributed by atoms with Gasteiger partial charge in [-0.1, -0.05) is 0 Å². The minimum absolute atomic E-state index is 0.0855. The maximum atomic E-state index is 9.51. The van der Waals surface area contributed by atoms with Crippen molar-refractivity contribution < 1.29 is 9.84 Å². The van der Waals surface area contributed by atoms with Crippen LogP contribution < -0.4 is 10.2 Å². The van der Waals surface area contributed by atoms with E-state index in [4.69, 9.17) is 4.74 Å². The zero-order valence-corrected chi connectivity index (χ0v) is 11.1. The molecule has 0 saturated carbocycles. The predicted octanol–water partition coefficient (Wildman–Crippen LogP) is 1.28. The smallest absolute Gasteiger partial charge is 0.177 e. The second-order valence-corrected chi connectivity index (χ2v) is 4.15. The lowest BCUT2D eigenvalue weighted by atomic mass is 10.2. The Labute approximate surface area is 119 Å². The molecule has 106 valence electrons. The Morgan fingerprint density at radius 2 is 2.24 bits per heavy atom. The minimum Gasteiger partial charge on any atom is -0.504 e. The van der Waals surface area contributed by atoms with Crippen molar-refractivity contribution in [3.8, 4) is 11.5 Å². The monoisotopic (exact) mass is 284 g/mol. The summed E-state index contributed by atoms with van der Waals surface area (Å²) >= 11 is 0. The van der Waals surface area contributed by atoms with Gasteiger partial charge < -0.3 is 9.84 Å². The largest absolute Gasteiger partial charge is 0.504 e. The molecular formula is C13H12N6O2. The Bertz CT molecular complexity index is 798. The van der Waals surface area contributed by atoms with Crippen LogP contribution in [-0.4, -0.2) is 38.2 Å². The number of hydrogen-bond acceptors (Lipinski definition) is 7. The minimum atomic E-state index is 0.0855. The highest BCUT2D eigenvalue weighted by Crippen LogP contribution is 2.25. The number of nitrogens with zero attached hydrogens (tertiary/aromatic N) is 5. The number of fused-ring (bicyclic) bond motifs is 1. The number of rotatable bonds is 4. The van der Waals surface area contributed by atoms with Crippen LogP contribution in [0.2, 0.25) is 0 Å². The van der Waals surface area contributed by atoms with Gasteiger partial charge >= 0.3 is 0 Å². The number of ether oxygens (including phenoxy) is 1.